The Morgan fingerprint density at radius 2 is 1.76 bits per heavy atom. The molecule has 8 nitrogen and oxygen atoms in total. The van der Waals surface area contributed by atoms with Crippen LogP contribution in [0.3, 0.4) is 0 Å². The third-order valence-corrected chi connectivity index (χ3v) is 9.16. The number of piperazine rings is 1. The first-order valence-corrected chi connectivity index (χ1v) is 16.0. The van der Waals surface area contributed by atoms with E-state index in [1.807, 2.05) is 36.5 Å². The van der Waals surface area contributed by atoms with Crippen molar-refractivity contribution < 1.29 is 19.1 Å². The van der Waals surface area contributed by atoms with E-state index in [0.717, 1.165) is 27.6 Å². The van der Waals surface area contributed by atoms with Gasteiger partial charge in [0.05, 0.1) is 13.5 Å². The molecule has 236 valence electrons. The van der Waals surface area contributed by atoms with Crippen molar-refractivity contribution in [1.29, 1.82) is 0 Å². The smallest absolute Gasteiger partial charge is 0.247 e. The Hall–Kier alpha value is -3.43. The Morgan fingerprint density at radius 1 is 1.00 bits per heavy atom. The zero-order valence-electron chi connectivity index (χ0n) is 24.5. The van der Waals surface area contributed by atoms with E-state index >= 15 is 0 Å². The summed E-state index contributed by atoms with van der Waals surface area (Å²) in [6.45, 7) is 0.352. The number of fused-ring (bicyclic) bond motifs is 1. The van der Waals surface area contributed by atoms with Crippen molar-refractivity contribution in [1.82, 2.24) is 20.1 Å². The third-order valence-electron chi connectivity index (χ3n) is 7.93. The lowest BCUT2D eigenvalue weighted by Crippen LogP contribution is -2.62. The molecule has 2 atom stereocenters. The van der Waals surface area contributed by atoms with Crippen LogP contribution in [0, 0.1) is 0 Å². The number of methoxy groups -OCH3 is 1. The van der Waals surface area contributed by atoms with E-state index in [1.165, 1.54) is 9.80 Å². The van der Waals surface area contributed by atoms with E-state index < -0.39 is 11.5 Å². The predicted octanol–water partition coefficient (Wildman–Crippen LogP) is 6.28. The summed E-state index contributed by atoms with van der Waals surface area (Å²) in [6, 6.07) is 17.0. The van der Waals surface area contributed by atoms with Crippen molar-refractivity contribution in [3.05, 3.63) is 98.6 Å². The van der Waals surface area contributed by atoms with Gasteiger partial charge < -0.3 is 24.8 Å². The van der Waals surface area contributed by atoms with Crippen LogP contribution in [0.2, 0.25) is 15.1 Å². The highest BCUT2D eigenvalue weighted by molar-refractivity contribution is 6.35. The molecule has 2 N–H and O–H groups in total. The van der Waals surface area contributed by atoms with Crippen LogP contribution in [0.15, 0.2) is 66.9 Å². The molecule has 3 aromatic carbocycles. The maximum absolute atomic E-state index is 13.9. The molecule has 0 bridgehead atoms. The summed E-state index contributed by atoms with van der Waals surface area (Å²) < 4.78 is 5.38. The number of H-pyrrole nitrogens is 1. The van der Waals surface area contributed by atoms with E-state index in [2.05, 4.69) is 10.3 Å². The number of amides is 3. The summed E-state index contributed by atoms with van der Waals surface area (Å²) in [5, 5.41) is 5.45. The molecule has 2 heterocycles. The van der Waals surface area contributed by atoms with Gasteiger partial charge in [0.25, 0.3) is 0 Å². The van der Waals surface area contributed by atoms with Crippen molar-refractivity contribution >= 4 is 75.0 Å². The van der Waals surface area contributed by atoms with Crippen LogP contribution in [-0.4, -0.2) is 70.8 Å². The largest absolute Gasteiger partial charge is 0.497 e. The molecule has 0 aliphatic carbocycles. The number of ether oxygens (including phenoxy) is 1. The van der Waals surface area contributed by atoms with Crippen molar-refractivity contribution in [3.63, 3.8) is 0 Å². The number of benzene rings is 3. The number of halogens is 4. The zero-order valence-corrected chi connectivity index (χ0v) is 27.5. The second-order valence-corrected chi connectivity index (χ2v) is 12.6. The highest BCUT2D eigenvalue weighted by atomic mass is 35.5. The van der Waals surface area contributed by atoms with Crippen LogP contribution in [0.1, 0.15) is 23.1 Å². The average molecular weight is 690 g/mol. The predicted molar refractivity (Wildman–Crippen MR) is 178 cm³/mol. The van der Waals surface area contributed by atoms with E-state index in [9.17, 15) is 14.4 Å². The minimum Gasteiger partial charge on any atom is -0.497 e. The van der Waals surface area contributed by atoms with E-state index in [1.54, 1.807) is 37.4 Å². The number of rotatable bonds is 12. The van der Waals surface area contributed by atoms with Crippen LogP contribution in [0.5, 0.6) is 5.75 Å². The lowest BCUT2D eigenvalue weighted by atomic mass is 10.0. The number of hydrogen-bond donors (Lipinski definition) is 2. The molecule has 1 aromatic heterocycles. The van der Waals surface area contributed by atoms with Crippen LogP contribution in [-0.2, 0) is 33.6 Å². The molecule has 45 heavy (non-hydrogen) atoms. The number of nitrogens with one attached hydrogen (secondary N) is 2. The van der Waals surface area contributed by atoms with Gasteiger partial charge >= 0.3 is 0 Å². The van der Waals surface area contributed by atoms with Gasteiger partial charge in [0.1, 0.15) is 23.8 Å². The molecule has 12 heteroatoms. The lowest BCUT2D eigenvalue weighted by molar-refractivity contribution is -0.157. The molecule has 1 aliphatic heterocycles. The van der Waals surface area contributed by atoms with Gasteiger partial charge in [-0.05, 0) is 72.0 Å². The SMILES string of the molecule is COc1ccc2[nH]cc(CCN3C(=O)CN(C(Cl)Cc4ccc(Cl)cc4)C(=O)C3CC(=O)NCCc3ccc(Cl)cc3Cl)c2c1. The first kappa shape index (κ1) is 32.9. The Kier molecular flexibility index (Phi) is 10.8. The van der Waals surface area contributed by atoms with Crippen molar-refractivity contribution in [2.75, 3.05) is 26.7 Å². The molecule has 2 unspecified atom stereocenters. The summed E-state index contributed by atoms with van der Waals surface area (Å²) in [7, 11) is 1.61. The number of carbonyl (C=O) groups is 3. The number of aromatic amines is 1. The molecule has 1 fully saturated rings. The van der Waals surface area contributed by atoms with Crippen LogP contribution < -0.4 is 10.1 Å². The molecular formula is C33H32Cl4N4O4. The summed E-state index contributed by atoms with van der Waals surface area (Å²) in [4.78, 5) is 46.8. The van der Waals surface area contributed by atoms with Gasteiger partial charge in [-0.2, -0.15) is 0 Å². The average Bonchev–Trinajstić information content (AvgIpc) is 3.42. The minimum atomic E-state index is -1.02. The molecule has 4 aromatic rings. The molecule has 0 saturated carbocycles. The zero-order chi connectivity index (χ0) is 32.1. The Morgan fingerprint density at radius 3 is 2.49 bits per heavy atom. The third kappa shape index (κ3) is 8.05. The van der Waals surface area contributed by atoms with Gasteiger partial charge in [0, 0.05) is 51.7 Å². The second kappa shape index (κ2) is 14.8. The standard InChI is InChI=1S/C33H32Cl4N4O4/c1-45-25-8-9-28-26(16-25)22(18-39-28)11-13-40-29(17-31(42)38-12-10-21-4-7-24(35)15-27(21)36)33(44)41(19-32(40)43)30(37)14-20-2-5-23(34)6-3-20/h2-9,15-16,18,29-30,39H,10-14,17,19H2,1H3,(H,38,42). The topological polar surface area (TPSA) is 94.7 Å². The van der Waals surface area contributed by atoms with Gasteiger partial charge in [0.2, 0.25) is 17.7 Å². The molecule has 0 spiro atoms. The summed E-state index contributed by atoms with van der Waals surface area (Å²) in [5.41, 5.74) is 2.81. The van der Waals surface area contributed by atoms with E-state index in [-0.39, 0.29) is 37.2 Å². The number of alkyl halides is 1. The fourth-order valence-electron chi connectivity index (χ4n) is 5.49. The normalized spacial score (nSPS) is 15.9. The maximum atomic E-state index is 13.9. The highest BCUT2D eigenvalue weighted by Crippen LogP contribution is 2.27. The fraction of sp³-hybridized carbons (Fsp3) is 0.303. The second-order valence-electron chi connectivity index (χ2n) is 10.8. The van der Waals surface area contributed by atoms with Gasteiger partial charge in [-0.15, -0.1) is 0 Å². The number of nitrogens with zero attached hydrogens (tertiary/aromatic N) is 2. The Balaban J connectivity index is 1.31. The van der Waals surface area contributed by atoms with Gasteiger partial charge in [0.15, 0.2) is 0 Å². The first-order chi connectivity index (χ1) is 21.6. The molecule has 5 rings (SSSR count). The van der Waals surface area contributed by atoms with E-state index in [4.69, 9.17) is 51.1 Å². The van der Waals surface area contributed by atoms with Gasteiger partial charge in [-0.25, -0.2) is 0 Å². The number of carbonyl (C=O) groups excluding carboxylic acids is 3. The Bertz CT molecular complexity index is 1690. The molecular weight excluding hydrogens is 658 g/mol. The van der Waals surface area contributed by atoms with Crippen LogP contribution >= 0.6 is 46.4 Å². The van der Waals surface area contributed by atoms with E-state index in [0.29, 0.717) is 46.6 Å². The lowest BCUT2D eigenvalue weighted by Gasteiger charge is -2.42. The van der Waals surface area contributed by atoms with Crippen molar-refractivity contribution in [2.24, 2.45) is 0 Å². The van der Waals surface area contributed by atoms with Gasteiger partial charge in [-0.3, -0.25) is 14.4 Å². The number of hydrogen-bond acceptors (Lipinski definition) is 4. The minimum absolute atomic E-state index is 0.185. The molecule has 1 aliphatic rings. The summed E-state index contributed by atoms with van der Waals surface area (Å²) in [5.74, 6) is -0.301. The summed E-state index contributed by atoms with van der Waals surface area (Å²) >= 11 is 25.0. The monoisotopic (exact) mass is 688 g/mol. The fourth-order valence-corrected chi connectivity index (χ4v) is 6.47. The van der Waals surface area contributed by atoms with Crippen LogP contribution in [0.4, 0.5) is 0 Å². The first-order valence-electron chi connectivity index (χ1n) is 14.5. The van der Waals surface area contributed by atoms with Crippen LogP contribution in [0.25, 0.3) is 10.9 Å². The summed E-state index contributed by atoms with van der Waals surface area (Å²) in [6.07, 6.45) is 2.94. The number of aromatic nitrogens is 1. The molecule has 0 radical (unpaired) electrons. The highest BCUT2D eigenvalue weighted by Gasteiger charge is 2.42. The quantitative estimate of drug-likeness (QED) is 0.135. The van der Waals surface area contributed by atoms with Gasteiger partial charge in [-0.1, -0.05) is 64.6 Å². The molecule has 1 saturated heterocycles. The van der Waals surface area contributed by atoms with Crippen molar-refractivity contribution in [2.45, 2.75) is 37.2 Å². The molecule has 3 amide bonds. The Labute approximate surface area is 281 Å². The maximum Gasteiger partial charge on any atom is 0.247 e. The van der Waals surface area contributed by atoms with Crippen molar-refractivity contribution in [3.8, 4) is 5.75 Å².